The third kappa shape index (κ3) is 3.21. The Morgan fingerprint density at radius 1 is 1.00 bits per heavy atom. The summed E-state index contributed by atoms with van der Waals surface area (Å²) in [6, 6.07) is 7.01. The van der Waals surface area contributed by atoms with E-state index in [0.717, 1.165) is 31.7 Å². The van der Waals surface area contributed by atoms with Crippen LogP contribution in [-0.2, 0) is 10.1 Å². The molecule has 0 aliphatic heterocycles. The first-order valence-electron chi connectivity index (χ1n) is 9.34. The monoisotopic (exact) mass is 415 g/mol. The standard InChI is InChI=1S/C20H21N3O5S/c21-12-7-3-4-8-13(12)23-14-9-15(29(26,27)28)18(22)17-16(14)19(24)10-5-1-2-6-11(10)20(17)25/h1-2,5-6,9,12-13,23H,3-4,7-8,21-22H2,(H,26,27,28). The molecule has 9 heteroatoms. The quantitative estimate of drug-likeness (QED) is 0.374. The Balaban J connectivity index is 1.96. The molecule has 0 radical (unpaired) electrons. The Hall–Kier alpha value is -2.75. The number of hydrogen-bond donors (Lipinski definition) is 4. The highest BCUT2D eigenvalue weighted by Gasteiger charge is 2.37. The number of carbonyl (C=O) groups is 2. The predicted octanol–water partition coefficient (Wildman–Crippen LogP) is 1.97. The maximum atomic E-state index is 13.2. The molecule has 0 bridgehead atoms. The lowest BCUT2D eigenvalue weighted by Gasteiger charge is -2.32. The van der Waals surface area contributed by atoms with E-state index in [1.807, 2.05) is 0 Å². The third-order valence-corrected chi connectivity index (χ3v) is 6.53. The Bertz CT molecular complexity index is 1140. The van der Waals surface area contributed by atoms with Gasteiger partial charge in [-0.05, 0) is 18.9 Å². The summed E-state index contributed by atoms with van der Waals surface area (Å²) in [4.78, 5) is 25.7. The molecule has 1 fully saturated rings. The molecule has 2 aliphatic carbocycles. The zero-order valence-corrected chi connectivity index (χ0v) is 16.3. The second-order valence-electron chi connectivity index (χ2n) is 7.46. The minimum atomic E-state index is -4.72. The molecular formula is C20H21N3O5S. The highest BCUT2D eigenvalue weighted by Crippen LogP contribution is 2.39. The molecule has 0 amide bonds. The second-order valence-corrected chi connectivity index (χ2v) is 8.85. The molecule has 2 atom stereocenters. The SMILES string of the molecule is Nc1c(S(=O)(=O)O)cc(NC2CCCCC2N)c2c1C(=O)c1ccccc1C2=O. The van der Waals surface area contributed by atoms with E-state index in [9.17, 15) is 22.6 Å². The van der Waals surface area contributed by atoms with Gasteiger partial charge in [-0.15, -0.1) is 0 Å². The van der Waals surface area contributed by atoms with Gasteiger partial charge >= 0.3 is 0 Å². The Kier molecular flexibility index (Phi) is 4.68. The third-order valence-electron chi connectivity index (χ3n) is 5.64. The summed E-state index contributed by atoms with van der Waals surface area (Å²) in [5.74, 6) is -0.995. The molecule has 6 N–H and O–H groups in total. The Labute approximate surface area is 168 Å². The normalized spacial score (nSPS) is 21.4. The molecule has 8 nitrogen and oxygen atoms in total. The van der Waals surface area contributed by atoms with E-state index in [0.29, 0.717) is 0 Å². The number of hydrogen-bond acceptors (Lipinski definition) is 7. The van der Waals surface area contributed by atoms with Crippen molar-refractivity contribution >= 4 is 33.1 Å². The number of nitrogen functional groups attached to an aromatic ring is 1. The van der Waals surface area contributed by atoms with E-state index in [-0.39, 0.29) is 40.0 Å². The molecule has 1 saturated carbocycles. The molecule has 0 aromatic heterocycles. The topological polar surface area (TPSA) is 153 Å². The van der Waals surface area contributed by atoms with Crippen LogP contribution in [0.15, 0.2) is 35.2 Å². The first-order chi connectivity index (χ1) is 13.7. The average Bonchev–Trinajstić information content (AvgIpc) is 2.68. The van der Waals surface area contributed by atoms with Crippen molar-refractivity contribution in [2.75, 3.05) is 11.1 Å². The minimum absolute atomic E-state index is 0.0105. The number of anilines is 2. The molecule has 2 aliphatic rings. The number of carbonyl (C=O) groups excluding carboxylic acids is 2. The molecule has 0 spiro atoms. The van der Waals surface area contributed by atoms with Gasteiger partial charge in [0.15, 0.2) is 11.6 Å². The summed E-state index contributed by atoms with van der Waals surface area (Å²) in [6.45, 7) is 0. The predicted molar refractivity (Wildman–Crippen MR) is 108 cm³/mol. The zero-order chi connectivity index (χ0) is 20.9. The number of ketones is 2. The van der Waals surface area contributed by atoms with Crippen molar-refractivity contribution in [3.63, 3.8) is 0 Å². The Morgan fingerprint density at radius 2 is 1.59 bits per heavy atom. The maximum absolute atomic E-state index is 13.2. The lowest BCUT2D eigenvalue weighted by molar-refractivity contribution is 0.0980. The van der Waals surface area contributed by atoms with Crippen LogP contribution in [0, 0.1) is 0 Å². The molecule has 0 saturated heterocycles. The van der Waals surface area contributed by atoms with Crippen LogP contribution >= 0.6 is 0 Å². The average molecular weight is 415 g/mol. The lowest BCUT2D eigenvalue weighted by Crippen LogP contribution is -2.43. The minimum Gasteiger partial charge on any atom is -0.397 e. The van der Waals surface area contributed by atoms with Gasteiger partial charge in [-0.25, -0.2) is 0 Å². The van der Waals surface area contributed by atoms with Crippen LogP contribution < -0.4 is 16.8 Å². The van der Waals surface area contributed by atoms with E-state index in [1.165, 1.54) is 6.07 Å². The number of benzene rings is 2. The summed E-state index contributed by atoms with van der Waals surface area (Å²) in [5, 5.41) is 3.15. The number of nitrogens with two attached hydrogens (primary N) is 2. The van der Waals surface area contributed by atoms with Crippen molar-refractivity contribution in [1.82, 2.24) is 0 Å². The van der Waals surface area contributed by atoms with E-state index in [1.54, 1.807) is 18.2 Å². The molecule has 2 aromatic carbocycles. The van der Waals surface area contributed by atoms with E-state index >= 15 is 0 Å². The van der Waals surface area contributed by atoms with Gasteiger partial charge in [0, 0.05) is 28.9 Å². The lowest BCUT2D eigenvalue weighted by atomic mass is 9.82. The van der Waals surface area contributed by atoms with Gasteiger partial charge in [0.2, 0.25) is 0 Å². The highest BCUT2D eigenvalue weighted by atomic mass is 32.2. The van der Waals surface area contributed by atoms with Crippen LogP contribution in [0.3, 0.4) is 0 Å². The van der Waals surface area contributed by atoms with Crippen molar-refractivity contribution in [1.29, 1.82) is 0 Å². The van der Waals surface area contributed by atoms with Crippen molar-refractivity contribution in [2.45, 2.75) is 42.7 Å². The summed E-state index contributed by atoms with van der Waals surface area (Å²) in [6.07, 6.45) is 3.44. The van der Waals surface area contributed by atoms with Crippen LogP contribution in [-0.4, -0.2) is 36.6 Å². The zero-order valence-electron chi connectivity index (χ0n) is 15.5. The van der Waals surface area contributed by atoms with Crippen LogP contribution in [0.4, 0.5) is 11.4 Å². The molecular weight excluding hydrogens is 394 g/mol. The molecule has 2 aromatic rings. The number of nitrogens with one attached hydrogen (secondary N) is 1. The summed E-state index contributed by atoms with van der Waals surface area (Å²) >= 11 is 0. The first kappa shape index (κ1) is 19.6. The van der Waals surface area contributed by atoms with Crippen molar-refractivity contribution in [2.24, 2.45) is 5.73 Å². The number of fused-ring (bicyclic) bond motifs is 2. The van der Waals surface area contributed by atoms with Gasteiger partial charge in [-0.3, -0.25) is 14.1 Å². The van der Waals surface area contributed by atoms with Crippen LogP contribution in [0.25, 0.3) is 0 Å². The fourth-order valence-electron chi connectivity index (χ4n) is 4.16. The van der Waals surface area contributed by atoms with Gasteiger partial charge in [0.1, 0.15) is 4.90 Å². The summed E-state index contributed by atoms with van der Waals surface area (Å²) < 4.78 is 33.5. The van der Waals surface area contributed by atoms with Crippen molar-refractivity contribution in [3.05, 3.63) is 52.6 Å². The van der Waals surface area contributed by atoms with Crippen molar-refractivity contribution < 1.29 is 22.6 Å². The van der Waals surface area contributed by atoms with Crippen LogP contribution in [0.1, 0.15) is 57.5 Å². The van der Waals surface area contributed by atoms with E-state index in [4.69, 9.17) is 11.5 Å². The smallest absolute Gasteiger partial charge is 0.296 e. The fourth-order valence-corrected chi connectivity index (χ4v) is 4.81. The highest BCUT2D eigenvalue weighted by molar-refractivity contribution is 7.86. The maximum Gasteiger partial charge on any atom is 0.296 e. The van der Waals surface area contributed by atoms with E-state index in [2.05, 4.69) is 5.32 Å². The van der Waals surface area contributed by atoms with Gasteiger partial charge in [0.05, 0.1) is 16.8 Å². The number of rotatable bonds is 3. The summed E-state index contributed by atoms with van der Waals surface area (Å²) in [5.41, 5.74) is 12.0. The second kappa shape index (κ2) is 6.94. The van der Waals surface area contributed by atoms with Crippen molar-refractivity contribution in [3.8, 4) is 0 Å². The van der Waals surface area contributed by atoms with Crippen LogP contribution in [0.2, 0.25) is 0 Å². The molecule has 0 heterocycles. The molecule has 29 heavy (non-hydrogen) atoms. The van der Waals surface area contributed by atoms with E-state index < -0.39 is 32.3 Å². The first-order valence-corrected chi connectivity index (χ1v) is 10.8. The summed E-state index contributed by atoms with van der Waals surface area (Å²) in [7, 11) is -4.72. The van der Waals surface area contributed by atoms with Gasteiger partial charge in [-0.1, -0.05) is 37.1 Å². The van der Waals surface area contributed by atoms with Gasteiger partial charge in [-0.2, -0.15) is 8.42 Å². The van der Waals surface area contributed by atoms with Gasteiger partial charge in [0.25, 0.3) is 10.1 Å². The fraction of sp³-hybridized carbons (Fsp3) is 0.300. The molecule has 152 valence electrons. The molecule has 2 unspecified atom stereocenters. The van der Waals surface area contributed by atoms with Gasteiger partial charge < -0.3 is 16.8 Å². The largest absolute Gasteiger partial charge is 0.397 e. The molecule has 4 rings (SSSR count). The van der Waals surface area contributed by atoms with Crippen LogP contribution in [0.5, 0.6) is 0 Å². The Morgan fingerprint density at radius 3 is 2.17 bits per heavy atom.